The highest BCUT2D eigenvalue weighted by atomic mass is 79.9. The molecule has 0 unspecified atom stereocenters. The Morgan fingerprint density at radius 1 is 1.29 bits per heavy atom. The second-order valence-electron chi connectivity index (χ2n) is 3.54. The summed E-state index contributed by atoms with van der Waals surface area (Å²) in [5.74, 6) is 0.883. The lowest BCUT2D eigenvalue weighted by Crippen LogP contribution is -2.01. The van der Waals surface area contributed by atoms with E-state index in [1.807, 2.05) is 6.92 Å². The Bertz CT molecular complexity index is 539. The second-order valence-corrected chi connectivity index (χ2v) is 4.45. The van der Waals surface area contributed by atoms with Crippen LogP contribution in [0.3, 0.4) is 0 Å². The number of phenols is 1. The molecule has 0 saturated heterocycles. The third-order valence-electron chi connectivity index (χ3n) is 2.09. The second kappa shape index (κ2) is 4.58. The average molecular weight is 295 g/mol. The lowest BCUT2D eigenvalue weighted by molar-refractivity contribution is 0.477. The molecule has 0 atom stereocenters. The van der Waals surface area contributed by atoms with E-state index >= 15 is 0 Å². The van der Waals surface area contributed by atoms with Crippen molar-refractivity contribution >= 4 is 33.4 Å². The van der Waals surface area contributed by atoms with Gasteiger partial charge in [0.05, 0.1) is 5.69 Å². The molecule has 17 heavy (non-hydrogen) atoms. The molecule has 2 rings (SSSR count). The highest BCUT2D eigenvalue weighted by Gasteiger charge is 2.04. The molecule has 1 aromatic heterocycles. The molecule has 5 nitrogen and oxygen atoms in total. The number of hydrogen-bond donors (Lipinski definition) is 3. The molecule has 0 saturated carbocycles. The number of phenolic OH excluding ortho intramolecular Hbond substituents is 1. The van der Waals surface area contributed by atoms with Crippen LogP contribution in [0.2, 0.25) is 0 Å². The Kier molecular flexibility index (Phi) is 3.14. The zero-order valence-electron chi connectivity index (χ0n) is 9.11. The number of nitrogen functional groups attached to an aromatic ring is 1. The molecule has 0 amide bonds. The topological polar surface area (TPSA) is 84.1 Å². The van der Waals surface area contributed by atoms with Crippen LogP contribution < -0.4 is 11.1 Å². The van der Waals surface area contributed by atoms with E-state index in [1.165, 1.54) is 0 Å². The number of benzene rings is 1. The average Bonchev–Trinajstić information content (AvgIpc) is 2.22. The number of anilines is 3. The van der Waals surface area contributed by atoms with Gasteiger partial charge in [-0.3, -0.25) is 0 Å². The van der Waals surface area contributed by atoms with Crippen molar-refractivity contribution in [1.82, 2.24) is 9.97 Å². The first-order valence-corrected chi connectivity index (χ1v) is 5.70. The monoisotopic (exact) mass is 294 g/mol. The smallest absolute Gasteiger partial charge is 0.222 e. The SMILES string of the molecule is Cc1cc(Nc2cc(Br)ccc2O)nc(N)n1. The number of aryl methyl sites for hydroxylation is 1. The van der Waals surface area contributed by atoms with E-state index in [-0.39, 0.29) is 11.7 Å². The van der Waals surface area contributed by atoms with Crippen molar-refractivity contribution in [3.63, 3.8) is 0 Å². The Hall–Kier alpha value is -1.82. The van der Waals surface area contributed by atoms with Crippen molar-refractivity contribution < 1.29 is 5.11 Å². The molecule has 88 valence electrons. The molecule has 4 N–H and O–H groups in total. The number of rotatable bonds is 2. The van der Waals surface area contributed by atoms with E-state index in [9.17, 15) is 5.11 Å². The van der Waals surface area contributed by atoms with Crippen molar-refractivity contribution in [3.8, 4) is 5.75 Å². The van der Waals surface area contributed by atoms with Gasteiger partial charge in [-0.15, -0.1) is 0 Å². The van der Waals surface area contributed by atoms with Gasteiger partial charge in [0.15, 0.2) is 0 Å². The number of halogens is 1. The van der Waals surface area contributed by atoms with E-state index in [0.29, 0.717) is 11.5 Å². The number of hydrogen-bond acceptors (Lipinski definition) is 5. The van der Waals surface area contributed by atoms with Crippen molar-refractivity contribution in [1.29, 1.82) is 0 Å². The molecule has 0 aliphatic rings. The minimum atomic E-state index is 0.142. The molecule has 2 aromatic rings. The van der Waals surface area contributed by atoms with E-state index in [2.05, 4.69) is 31.2 Å². The molecule has 1 aromatic carbocycles. The van der Waals surface area contributed by atoms with E-state index < -0.39 is 0 Å². The molecule has 0 bridgehead atoms. The van der Waals surface area contributed by atoms with Crippen LogP contribution in [0.5, 0.6) is 5.75 Å². The van der Waals surface area contributed by atoms with Gasteiger partial charge in [-0.25, -0.2) is 4.98 Å². The van der Waals surface area contributed by atoms with Gasteiger partial charge in [0.25, 0.3) is 0 Å². The summed E-state index contributed by atoms with van der Waals surface area (Å²) in [5, 5.41) is 12.7. The fraction of sp³-hybridized carbons (Fsp3) is 0.0909. The van der Waals surface area contributed by atoms with E-state index in [1.54, 1.807) is 24.3 Å². The number of nitrogens with one attached hydrogen (secondary N) is 1. The standard InChI is InChI=1S/C11H11BrN4O/c1-6-4-10(16-11(13)14-6)15-8-5-7(12)2-3-9(8)17/h2-5,17H,1H3,(H3,13,14,15,16). The summed E-state index contributed by atoms with van der Waals surface area (Å²) < 4.78 is 0.858. The summed E-state index contributed by atoms with van der Waals surface area (Å²) in [7, 11) is 0. The minimum absolute atomic E-state index is 0.142. The predicted molar refractivity (Wildman–Crippen MR) is 70.3 cm³/mol. The quantitative estimate of drug-likeness (QED) is 0.742. The van der Waals surface area contributed by atoms with Crippen LogP contribution in [0, 0.1) is 6.92 Å². The highest BCUT2D eigenvalue weighted by Crippen LogP contribution is 2.29. The molecule has 0 aliphatic heterocycles. The number of aromatic hydroxyl groups is 1. The predicted octanol–water partition coefficient (Wildman–Crippen LogP) is 2.58. The number of nitrogens with zero attached hydrogens (tertiary/aromatic N) is 2. The molecule has 6 heteroatoms. The van der Waals surface area contributed by atoms with Crippen molar-refractivity contribution in [3.05, 3.63) is 34.4 Å². The van der Waals surface area contributed by atoms with Crippen LogP contribution in [0.1, 0.15) is 5.69 Å². The van der Waals surface area contributed by atoms with Crippen LogP contribution in [0.15, 0.2) is 28.7 Å². The first-order chi connectivity index (χ1) is 8.04. The zero-order valence-corrected chi connectivity index (χ0v) is 10.7. The molecular formula is C11H11BrN4O. The van der Waals surface area contributed by atoms with Crippen molar-refractivity contribution in [2.75, 3.05) is 11.1 Å². The maximum Gasteiger partial charge on any atom is 0.222 e. The first-order valence-electron chi connectivity index (χ1n) is 4.91. The molecule has 0 fully saturated rings. The van der Waals surface area contributed by atoms with Crippen LogP contribution in [-0.2, 0) is 0 Å². The molecule has 0 spiro atoms. The zero-order chi connectivity index (χ0) is 12.4. The fourth-order valence-corrected chi connectivity index (χ4v) is 1.76. The normalized spacial score (nSPS) is 10.2. The van der Waals surface area contributed by atoms with Gasteiger partial charge in [-0.1, -0.05) is 15.9 Å². The van der Waals surface area contributed by atoms with Crippen LogP contribution >= 0.6 is 15.9 Å². The third kappa shape index (κ3) is 2.85. The van der Waals surface area contributed by atoms with Gasteiger partial charge in [0.1, 0.15) is 11.6 Å². The van der Waals surface area contributed by atoms with Gasteiger partial charge in [0.2, 0.25) is 5.95 Å². The summed E-state index contributed by atoms with van der Waals surface area (Å²) in [5.41, 5.74) is 6.86. The van der Waals surface area contributed by atoms with E-state index in [0.717, 1.165) is 10.2 Å². The largest absolute Gasteiger partial charge is 0.506 e. The Labute approximate surface area is 107 Å². The number of aromatic nitrogens is 2. The molecular weight excluding hydrogens is 284 g/mol. The maximum absolute atomic E-state index is 9.68. The van der Waals surface area contributed by atoms with Gasteiger partial charge in [0, 0.05) is 16.2 Å². The van der Waals surface area contributed by atoms with Gasteiger partial charge >= 0.3 is 0 Å². The summed E-state index contributed by atoms with van der Waals surface area (Å²) in [6, 6.07) is 6.84. The van der Waals surface area contributed by atoms with Crippen molar-refractivity contribution in [2.45, 2.75) is 6.92 Å². The summed E-state index contributed by atoms with van der Waals surface area (Å²) in [6.45, 7) is 1.82. The third-order valence-corrected chi connectivity index (χ3v) is 2.59. The van der Waals surface area contributed by atoms with Crippen molar-refractivity contribution in [2.24, 2.45) is 0 Å². The summed E-state index contributed by atoms with van der Waals surface area (Å²) in [6.07, 6.45) is 0. The van der Waals surface area contributed by atoms with E-state index in [4.69, 9.17) is 5.73 Å². The van der Waals surface area contributed by atoms with Gasteiger partial charge in [-0.05, 0) is 25.1 Å². The minimum Gasteiger partial charge on any atom is -0.506 e. The molecule has 1 heterocycles. The first kappa shape index (κ1) is 11.7. The molecule has 0 radical (unpaired) electrons. The van der Waals surface area contributed by atoms with Crippen LogP contribution in [0.25, 0.3) is 0 Å². The Balaban J connectivity index is 2.34. The Morgan fingerprint density at radius 2 is 2.06 bits per heavy atom. The lowest BCUT2D eigenvalue weighted by atomic mass is 10.3. The van der Waals surface area contributed by atoms with Gasteiger partial charge < -0.3 is 16.2 Å². The molecule has 0 aliphatic carbocycles. The highest BCUT2D eigenvalue weighted by molar-refractivity contribution is 9.10. The maximum atomic E-state index is 9.68. The summed E-state index contributed by atoms with van der Waals surface area (Å²) >= 11 is 3.33. The van der Waals surface area contributed by atoms with Gasteiger partial charge in [-0.2, -0.15) is 4.98 Å². The van der Waals surface area contributed by atoms with Crippen LogP contribution in [0.4, 0.5) is 17.5 Å². The Morgan fingerprint density at radius 3 is 2.76 bits per heavy atom. The fourth-order valence-electron chi connectivity index (χ4n) is 1.40. The number of nitrogens with two attached hydrogens (primary N) is 1. The lowest BCUT2D eigenvalue weighted by Gasteiger charge is -2.09. The summed E-state index contributed by atoms with van der Waals surface area (Å²) in [4.78, 5) is 8.00. The van der Waals surface area contributed by atoms with Crippen LogP contribution in [-0.4, -0.2) is 15.1 Å².